The smallest absolute Gasteiger partial charge is 0.282 e. The summed E-state index contributed by atoms with van der Waals surface area (Å²) in [4.78, 5) is 0. The molecule has 0 aromatic rings. The van der Waals surface area contributed by atoms with E-state index in [1.54, 1.807) is 21.3 Å². The van der Waals surface area contributed by atoms with Crippen LogP contribution in [0.3, 0.4) is 0 Å². The number of ether oxygens (including phenoxy) is 5. The molecule has 0 bridgehead atoms. The molecule has 2 atom stereocenters. The molecule has 0 aromatic heterocycles. The SMILES string of the molecule is CCC(CCCCCCCCC(OC)(OC)OC)OCC1CO1. The van der Waals surface area contributed by atoms with Gasteiger partial charge in [0.05, 0.1) is 19.3 Å². The summed E-state index contributed by atoms with van der Waals surface area (Å²) in [6.07, 6.45) is 11.1. The van der Waals surface area contributed by atoms with E-state index in [1.165, 1.54) is 38.5 Å². The van der Waals surface area contributed by atoms with Gasteiger partial charge < -0.3 is 23.7 Å². The Morgan fingerprint density at radius 3 is 2.04 bits per heavy atom. The highest BCUT2D eigenvalue weighted by Gasteiger charge is 2.28. The van der Waals surface area contributed by atoms with E-state index in [2.05, 4.69) is 6.92 Å². The molecule has 0 amide bonds. The summed E-state index contributed by atoms with van der Waals surface area (Å²) in [6.45, 7) is 3.86. The first-order chi connectivity index (χ1) is 11.2. The quantitative estimate of drug-likeness (QED) is 0.244. The maximum Gasteiger partial charge on any atom is 0.282 e. The summed E-state index contributed by atoms with van der Waals surface area (Å²) in [5.41, 5.74) is 0. The third-order valence-electron chi connectivity index (χ3n) is 4.57. The Morgan fingerprint density at radius 1 is 0.957 bits per heavy atom. The predicted molar refractivity (Wildman–Crippen MR) is 90.5 cm³/mol. The van der Waals surface area contributed by atoms with Gasteiger partial charge in [-0.25, -0.2) is 0 Å². The van der Waals surface area contributed by atoms with Gasteiger partial charge in [0.25, 0.3) is 5.97 Å². The lowest BCUT2D eigenvalue weighted by molar-refractivity contribution is -0.355. The summed E-state index contributed by atoms with van der Waals surface area (Å²) < 4.78 is 26.9. The number of hydrogen-bond donors (Lipinski definition) is 0. The van der Waals surface area contributed by atoms with Gasteiger partial charge in [-0.3, -0.25) is 0 Å². The average molecular weight is 332 g/mol. The molecule has 0 aromatic carbocycles. The zero-order valence-electron chi connectivity index (χ0n) is 15.5. The number of methoxy groups -OCH3 is 3. The van der Waals surface area contributed by atoms with Gasteiger partial charge in [0.1, 0.15) is 6.10 Å². The molecule has 0 N–H and O–H groups in total. The van der Waals surface area contributed by atoms with Crippen LogP contribution < -0.4 is 0 Å². The van der Waals surface area contributed by atoms with Crippen molar-refractivity contribution in [2.45, 2.75) is 82.9 Å². The fourth-order valence-corrected chi connectivity index (χ4v) is 2.79. The molecule has 1 fully saturated rings. The van der Waals surface area contributed by atoms with E-state index in [0.717, 1.165) is 32.5 Å². The minimum absolute atomic E-state index is 0.377. The van der Waals surface area contributed by atoms with Gasteiger partial charge in [0.15, 0.2) is 0 Å². The lowest BCUT2D eigenvalue weighted by Crippen LogP contribution is -2.35. The Balaban J connectivity index is 1.93. The van der Waals surface area contributed by atoms with E-state index in [4.69, 9.17) is 23.7 Å². The first kappa shape index (κ1) is 20.8. The van der Waals surface area contributed by atoms with E-state index in [1.807, 2.05) is 0 Å². The maximum atomic E-state index is 5.87. The molecular weight excluding hydrogens is 296 g/mol. The Kier molecular flexibility index (Phi) is 11.1. The summed E-state index contributed by atoms with van der Waals surface area (Å²) in [6, 6.07) is 0. The van der Waals surface area contributed by atoms with Crippen LogP contribution in [0.25, 0.3) is 0 Å². The molecule has 5 nitrogen and oxygen atoms in total. The average Bonchev–Trinajstić information content (AvgIpc) is 3.41. The third kappa shape index (κ3) is 9.01. The lowest BCUT2D eigenvalue weighted by atomic mass is 10.0. The van der Waals surface area contributed by atoms with E-state index >= 15 is 0 Å². The highest BCUT2D eigenvalue weighted by molar-refractivity contribution is 4.69. The number of epoxide rings is 1. The summed E-state index contributed by atoms with van der Waals surface area (Å²) in [5.74, 6) is -0.864. The molecule has 0 aliphatic carbocycles. The van der Waals surface area contributed by atoms with Gasteiger partial charge in [-0.2, -0.15) is 0 Å². The third-order valence-corrected chi connectivity index (χ3v) is 4.57. The van der Waals surface area contributed by atoms with Gasteiger partial charge in [-0.15, -0.1) is 0 Å². The monoisotopic (exact) mass is 332 g/mol. The molecule has 23 heavy (non-hydrogen) atoms. The summed E-state index contributed by atoms with van der Waals surface area (Å²) >= 11 is 0. The van der Waals surface area contributed by atoms with Crippen molar-refractivity contribution in [3.8, 4) is 0 Å². The molecule has 0 spiro atoms. The van der Waals surface area contributed by atoms with Gasteiger partial charge in [0.2, 0.25) is 0 Å². The van der Waals surface area contributed by atoms with Crippen LogP contribution in [0.5, 0.6) is 0 Å². The zero-order chi connectivity index (χ0) is 17.0. The summed E-state index contributed by atoms with van der Waals surface area (Å²) in [5, 5.41) is 0. The van der Waals surface area contributed by atoms with Crippen molar-refractivity contribution in [1.29, 1.82) is 0 Å². The topological polar surface area (TPSA) is 49.5 Å². The second-order valence-corrected chi connectivity index (χ2v) is 6.27. The van der Waals surface area contributed by atoms with Crippen LogP contribution in [0.15, 0.2) is 0 Å². The predicted octanol–water partition coefficient (Wildman–Crippen LogP) is 3.89. The first-order valence-corrected chi connectivity index (χ1v) is 9.08. The summed E-state index contributed by atoms with van der Waals surface area (Å²) in [7, 11) is 4.86. The van der Waals surface area contributed by atoms with Crippen molar-refractivity contribution in [2.75, 3.05) is 34.5 Å². The van der Waals surface area contributed by atoms with Crippen LogP contribution >= 0.6 is 0 Å². The van der Waals surface area contributed by atoms with Crippen molar-refractivity contribution in [3.63, 3.8) is 0 Å². The van der Waals surface area contributed by atoms with E-state index in [-0.39, 0.29) is 0 Å². The maximum absolute atomic E-state index is 5.87. The van der Waals surface area contributed by atoms with Crippen LogP contribution in [0.4, 0.5) is 0 Å². The molecule has 1 heterocycles. The van der Waals surface area contributed by atoms with Gasteiger partial charge in [-0.05, 0) is 19.3 Å². The number of rotatable bonds is 16. The molecule has 138 valence electrons. The largest absolute Gasteiger partial charge is 0.375 e. The molecule has 1 aliphatic rings. The Labute approximate surface area is 142 Å². The molecule has 0 saturated carbocycles. The molecule has 0 radical (unpaired) electrons. The molecule has 5 heteroatoms. The van der Waals surface area contributed by atoms with Crippen LogP contribution in [0.1, 0.15) is 64.7 Å². The zero-order valence-corrected chi connectivity index (χ0v) is 15.5. The van der Waals surface area contributed by atoms with Crippen molar-refractivity contribution in [2.24, 2.45) is 0 Å². The standard InChI is InChI=1S/C18H36O5/c1-5-16(22-14-17-15-23-17)12-10-8-6-7-9-11-13-18(19-2,20-3)21-4/h16-17H,5-15H2,1-4H3. The normalized spacial score (nSPS) is 19.0. The number of unbranched alkanes of at least 4 members (excludes halogenated alkanes) is 5. The second-order valence-electron chi connectivity index (χ2n) is 6.27. The Hall–Kier alpha value is -0.200. The fourth-order valence-electron chi connectivity index (χ4n) is 2.79. The van der Waals surface area contributed by atoms with Crippen molar-refractivity contribution in [1.82, 2.24) is 0 Å². The molecular formula is C18H36O5. The highest BCUT2D eigenvalue weighted by Crippen LogP contribution is 2.21. The molecule has 1 aliphatic heterocycles. The lowest BCUT2D eigenvalue weighted by Gasteiger charge is -2.28. The van der Waals surface area contributed by atoms with Crippen LogP contribution in [-0.4, -0.2) is 52.7 Å². The fraction of sp³-hybridized carbons (Fsp3) is 1.00. The second kappa shape index (κ2) is 12.2. The van der Waals surface area contributed by atoms with Crippen LogP contribution in [0.2, 0.25) is 0 Å². The van der Waals surface area contributed by atoms with Gasteiger partial charge in [-0.1, -0.05) is 39.0 Å². The molecule has 2 unspecified atom stereocenters. The van der Waals surface area contributed by atoms with Gasteiger partial charge >= 0.3 is 0 Å². The Morgan fingerprint density at radius 2 is 1.52 bits per heavy atom. The first-order valence-electron chi connectivity index (χ1n) is 9.08. The molecule has 1 rings (SSSR count). The highest BCUT2D eigenvalue weighted by atomic mass is 16.9. The minimum atomic E-state index is -0.864. The van der Waals surface area contributed by atoms with Crippen LogP contribution in [-0.2, 0) is 23.7 Å². The van der Waals surface area contributed by atoms with Crippen molar-refractivity contribution >= 4 is 0 Å². The van der Waals surface area contributed by atoms with Crippen LogP contribution in [0, 0.1) is 0 Å². The van der Waals surface area contributed by atoms with E-state index < -0.39 is 5.97 Å². The Bertz CT molecular complexity index is 268. The van der Waals surface area contributed by atoms with E-state index in [9.17, 15) is 0 Å². The van der Waals surface area contributed by atoms with Crippen molar-refractivity contribution in [3.05, 3.63) is 0 Å². The minimum Gasteiger partial charge on any atom is -0.375 e. The number of hydrogen-bond acceptors (Lipinski definition) is 5. The molecule has 1 saturated heterocycles. The van der Waals surface area contributed by atoms with Gasteiger partial charge in [0, 0.05) is 27.8 Å². The van der Waals surface area contributed by atoms with E-state index in [0.29, 0.717) is 12.2 Å². The van der Waals surface area contributed by atoms with Crippen molar-refractivity contribution < 1.29 is 23.7 Å².